The predicted octanol–water partition coefficient (Wildman–Crippen LogP) is 0.946. The number of rotatable bonds is 3. The molecule has 0 bridgehead atoms. The van der Waals surface area contributed by atoms with E-state index in [0.717, 1.165) is 17.7 Å². The molecule has 0 radical (unpaired) electrons. The summed E-state index contributed by atoms with van der Waals surface area (Å²) in [6.45, 7) is 3.40. The number of aliphatic hydroxyl groups is 1. The summed E-state index contributed by atoms with van der Waals surface area (Å²) < 4.78 is 13.2. The Labute approximate surface area is 112 Å². The van der Waals surface area contributed by atoms with Gasteiger partial charge in [0, 0.05) is 13.1 Å². The number of hydrogen-bond donors (Lipinski definition) is 2. The van der Waals surface area contributed by atoms with Crippen molar-refractivity contribution in [2.24, 2.45) is 5.73 Å². The molecule has 1 aromatic carbocycles. The maximum atomic E-state index is 13.2. The average molecular weight is 266 g/mol. The highest BCUT2D eigenvalue weighted by Gasteiger charge is 2.38. The normalized spacial score (nSPS) is 24.4. The number of carbonyl (C=O) groups is 1. The lowest BCUT2D eigenvalue weighted by Crippen LogP contribution is -2.55. The zero-order valence-electron chi connectivity index (χ0n) is 11.0. The first-order chi connectivity index (χ1) is 8.90. The third-order valence-electron chi connectivity index (χ3n) is 3.71. The molecular formula is C14H19FN2O2. The average Bonchev–Trinajstić information content (AvgIpc) is 2.34. The molecule has 5 heteroatoms. The van der Waals surface area contributed by atoms with Gasteiger partial charge in [-0.2, -0.15) is 0 Å². The van der Waals surface area contributed by atoms with Gasteiger partial charge in [-0.1, -0.05) is 6.07 Å². The Kier molecular flexibility index (Phi) is 3.87. The van der Waals surface area contributed by atoms with E-state index in [0.29, 0.717) is 19.4 Å². The fourth-order valence-corrected chi connectivity index (χ4v) is 2.51. The van der Waals surface area contributed by atoms with E-state index in [1.807, 2.05) is 11.8 Å². The highest BCUT2D eigenvalue weighted by atomic mass is 19.1. The number of benzene rings is 1. The summed E-state index contributed by atoms with van der Waals surface area (Å²) in [4.78, 5) is 13.2. The Morgan fingerprint density at radius 3 is 3.00 bits per heavy atom. The van der Waals surface area contributed by atoms with Crippen LogP contribution in [0.3, 0.4) is 0 Å². The summed E-state index contributed by atoms with van der Waals surface area (Å²) in [6, 6.07) is 4.65. The predicted molar refractivity (Wildman–Crippen MR) is 69.8 cm³/mol. The Balaban J connectivity index is 2.11. The van der Waals surface area contributed by atoms with Crippen molar-refractivity contribution in [3.05, 3.63) is 35.1 Å². The molecule has 4 nitrogen and oxygen atoms in total. The molecule has 2 rings (SSSR count). The molecule has 19 heavy (non-hydrogen) atoms. The van der Waals surface area contributed by atoms with Crippen LogP contribution in [0.4, 0.5) is 4.39 Å². The molecule has 0 unspecified atom stereocenters. The zero-order chi connectivity index (χ0) is 14.0. The molecule has 0 aromatic heterocycles. The minimum atomic E-state index is -1.46. The Hall–Kier alpha value is -1.46. The van der Waals surface area contributed by atoms with Crippen molar-refractivity contribution in [3.63, 3.8) is 0 Å². The molecular weight excluding hydrogens is 247 g/mol. The van der Waals surface area contributed by atoms with E-state index in [1.54, 1.807) is 6.07 Å². The SMILES string of the molecule is Cc1ccc(F)cc1CN1CCC[C@](O)(C(N)=O)C1. The maximum Gasteiger partial charge on any atom is 0.250 e. The highest BCUT2D eigenvalue weighted by Crippen LogP contribution is 2.23. The Morgan fingerprint density at radius 2 is 2.32 bits per heavy atom. The smallest absolute Gasteiger partial charge is 0.250 e. The monoisotopic (exact) mass is 266 g/mol. The van der Waals surface area contributed by atoms with Crippen molar-refractivity contribution in [3.8, 4) is 0 Å². The van der Waals surface area contributed by atoms with Crippen LogP contribution in [0.25, 0.3) is 0 Å². The van der Waals surface area contributed by atoms with Crippen LogP contribution in [0.15, 0.2) is 18.2 Å². The van der Waals surface area contributed by atoms with E-state index in [-0.39, 0.29) is 12.4 Å². The molecule has 1 aromatic rings. The molecule has 104 valence electrons. The number of nitrogens with zero attached hydrogens (tertiary/aromatic N) is 1. The van der Waals surface area contributed by atoms with Gasteiger partial charge in [0.2, 0.25) is 0 Å². The number of hydrogen-bond acceptors (Lipinski definition) is 3. The third kappa shape index (κ3) is 3.11. The Bertz CT molecular complexity index is 492. The van der Waals surface area contributed by atoms with E-state index in [1.165, 1.54) is 12.1 Å². The number of nitrogens with two attached hydrogens (primary N) is 1. The topological polar surface area (TPSA) is 66.6 Å². The fraction of sp³-hybridized carbons (Fsp3) is 0.500. The minimum absolute atomic E-state index is 0.207. The van der Waals surface area contributed by atoms with Crippen molar-refractivity contribution in [2.45, 2.75) is 31.9 Å². The van der Waals surface area contributed by atoms with Crippen LogP contribution < -0.4 is 5.73 Å². The number of halogens is 1. The van der Waals surface area contributed by atoms with Crippen LogP contribution in [0, 0.1) is 12.7 Å². The van der Waals surface area contributed by atoms with Crippen LogP contribution in [-0.4, -0.2) is 34.6 Å². The first-order valence-corrected chi connectivity index (χ1v) is 6.40. The van der Waals surface area contributed by atoms with Gasteiger partial charge < -0.3 is 10.8 Å². The summed E-state index contributed by atoms with van der Waals surface area (Å²) in [5.74, 6) is -0.962. The molecule has 0 spiro atoms. The minimum Gasteiger partial charge on any atom is -0.379 e. The van der Waals surface area contributed by atoms with Gasteiger partial charge in [0.15, 0.2) is 5.60 Å². The quantitative estimate of drug-likeness (QED) is 0.856. The van der Waals surface area contributed by atoms with Gasteiger partial charge >= 0.3 is 0 Å². The van der Waals surface area contributed by atoms with Crippen LogP contribution in [0.2, 0.25) is 0 Å². The fourth-order valence-electron chi connectivity index (χ4n) is 2.51. The molecule has 0 saturated carbocycles. The van der Waals surface area contributed by atoms with E-state index in [9.17, 15) is 14.3 Å². The van der Waals surface area contributed by atoms with Crippen molar-refractivity contribution < 1.29 is 14.3 Å². The number of primary amides is 1. The van der Waals surface area contributed by atoms with E-state index < -0.39 is 11.5 Å². The third-order valence-corrected chi connectivity index (χ3v) is 3.71. The molecule has 1 heterocycles. The summed E-state index contributed by atoms with van der Waals surface area (Å²) >= 11 is 0. The molecule has 1 aliphatic heterocycles. The molecule has 1 fully saturated rings. The van der Waals surface area contributed by atoms with Crippen molar-refractivity contribution in [1.29, 1.82) is 0 Å². The van der Waals surface area contributed by atoms with Crippen LogP contribution in [-0.2, 0) is 11.3 Å². The number of amides is 1. The van der Waals surface area contributed by atoms with Gasteiger partial charge in [0.25, 0.3) is 5.91 Å². The molecule has 1 aliphatic rings. The van der Waals surface area contributed by atoms with E-state index >= 15 is 0 Å². The highest BCUT2D eigenvalue weighted by molar-refractivity contribution is 5.83. The summed E-state index contributed by atoms with van der Waals surface area (Å²) in [5.41, 5.74) is 5.64. The molecule has 0 aliphatic carbocycles. The first-order valence-electron chi connectivity index (χ1n) is 6.40. The molecule has 1 amide bonds. The van der Waals surface area contributed by atoms with Crippen LogP contribution in [0.1, 0.15) is 24.0 Å². The number of piperidine rings is 1. The van der Waals surface area contributed by atoms with Gasteiger partial charge in [-0.3, -0.25) is 9.69 Å². The second kappa shape index (κ2) is 5.27. The maximum absolute atomic E-state index is 13.2. The van der Waals surface area contributed by atoms with Crippen molar-refractivity contribution in [1.82, 2.24) is 4.90 Å². The van der Waals surface area contributed by atoms with E-state index in [2.05, 4.69) is 0 Å². The van der Waals surface area contributed by atoms with Gasteiger partial charge in [-0.05, 0) is 49.6 Å². The number of aryl methyl sites for hydroxylation is 1. The van der Waals surface area contributed by atoms with Crippen molar-refractivity contribution in [2.75, 3.05) is 13.1 Å². The summed E-state index contributed by atoms with van der Waals surface area (Å²) in [5, 5.41) is 10.1. The van der Waals surface area contributed by atoms with Crippen LogP contribution in [0.5, 0.6) is 0 Å². The number of likely N-dealkylation sites (tertiary alicyclic amines) is 1. The second-order valence-electron chi connectivity index (χ2n) is 5.28. The Morgan fingerprint density at radius 1 is 1.58 bits per heavy atom. The summed E-state index contributed by atoms with van der Waals surface area (Å²) in [7, 11) is 0. The molecule has 3 N–H and O–H groups in total. The largest absolute Gasteiger partial charge is 0.379 e. The second-order valence-corrected chi connectivity index (χ2v) is 5.28. The number of carbonyl (C=O) groups excluding carboxylic acids is 1. The van der Waals surface area contributed by atoms with Gasteiger partial charge in [-0.25, -0.2) is 4.39 Å². The van der Waals surface area contributed by atoms with Gasteiger partial charge in [0.1, 0.15) is 5.82 Å². The first kappa shape index (κ1) is 14.0. The standard InChI is InChI=1S/C14H19FN2O2/c1-10-3-4-12(15)7-11(10)8-17-6-2-5-14(19,9-17)13(16)18/h3-4,7,19H,2,5-6,8-9H2,1H3,(H2,16,18)/t14-/m1/s1. The molecule has 1 saturated heterocycles. The number of β-amino-alcohol motifs (C(OH)–C–C–N with tert-alkyl or cyclic N) is 1. The summed E-state index contributed by atoms with van der Waals surface area (Å²) in [6.07, 6.45) is 1.09. The van der Waals surface area contributed by atoms with Crippen LogP contribution >= 0.6 is 0 Å². The zero-order valence-corrected chi connectivity index (χ0v) is 11.0. The lowest BCUT2D eigenvalue weighted by atomic mass is 9.91. The lowest BCUT2D eigenvalue weighted by molar-refractivity contribution is -0.142. The van der Waals surface area contributed by atoms with E-state index in [4.69, 9.17) is 5.73 Å². The van der Waals surface area contributed by atoms with Gasteiger partial charge in [0.05, 0.1) is 0 Å². The van der Waals surface area contributed by atoms with Gasteiger partial charge in [-0.15, -0.1) is 0 Å². The van der Waals surface area contributed by atoms with Crippen molar-refractivity contribution >= 4 is 5.91 Å². The lowest BCUT2D eigenvalue weighted by Gasteiger charge is -2.37. The molecule has 1 atom stereocenters.